The molecule has 1 aromatic heterocycles. The van der Waals surface area contributed by atoms with Crippen LogP contribution in [-0.4, -0.2) is 49.9 Å². The van der Waals surface area contributed by atoms with Crippen LogP contribution in [0.25, 0.3) is 0 Å². The molecular formula is C14H24N4O3. The van der Waals surface area contributed by atoms with Gasteiger partial charge in [0.15, 0.2) is 5.82 Å². The van der Waals surface area contributed by atoms with Crippen molar-refractivity contribution in [3.05, 3.63) is 11.6 Å². The first-order chi connectivity index (χ1) is 9.89. The maximum atomic E-state index is 11.9. The van der Waals surface area contributed by atoms with Gasteiger partial charge in [0.25, 0.3) is 0 Å². The number of aliphatic hydroxyl groups is 1. The van der Waals surface area contributed by atoms with Crippen molar-refractivity contribution in [2.24, 2.45) is 0 Å². The van der Waals surface area contributed by atoms with E-state index in [1.165, 1.54) is 0 Å². The van der Waals surface area contributed by atoms with E-state index < -0.39 is 5.60 Å². The minimum Gasteiger partial charge on any atom is -0.389 e. The Morgan fingerprint density at radius 1 is 1.38 bits per heavy atom. The summed E-state index contributed by atoms with van der Waals surface area (Å²) < 4.78 is 6.73. The normalized spacial score (nSPS) is 16.6. The number of carbonyl (C=O) groups excluding carboxylic acids is 1. The Morgan fingerprint density at radius 2 is 2.14 bits per heavy atom. The summed E-state index contributed by atoms with van der Waals surface area (Å²) in [5, 5.41) is 14.4. The average molecular weight is 296 g/mol. The molecular weight excluding hydrogens is 272 g/mol. The number of methoxy groups -OCH3 is 1. The summed E-state index contributed by atoms with van der Waals surface area (Å²) in [4.78, 5) is 18.2. The van der Waals surface area contributed by atoms with Gasteiger partial charge in [0.05, 0.1) is 18.7 Å². The van der Waals surface area contributed by atoms with Gasteiger partial charge in [-0.1, -0.05) is 0 Å². The van der Waals surface area contributed by atoms with Crippen molar-refractivity contribution in [2.45, 2.75) is 58.4 Å². The first kappa shape index (κ1) is 15.9. The maximum absolute atomic E-state index is 11.9. The number of hydrogen-bond acceptors (Lipinski definition) is 5. The topological polar surface area (TPSA) is 80.5 Å². The zero-order valence-electron chi connectivity index (χ0n) is 13.0. The average Bonchev–Trinajstić information content (AvgIpc) is 2.72. The summed E-state index contributed by atoms with van der Waals surface area (Å²) in [6, 6.07) is 0. The predicted octanol–water partition coefficient (Wildman–Crippen LogP) is 0.708. The zero-order chi connectivity index (χ0) is 15.5. The Balaban J connectivity index is 2.17. The van der Waals surface area contributed by atoms with E-state index >= 15 is 0 Å². The first-order valence-corrected chi connectivity index (χ1v) is 7.31. The van der Waals surface area contributed by atoms with Crippen LogP contribution in [0.4, 0.5) is 0 Å². The molecule has 0 radical (unpaired) electrons. The first-order valence-electron chi connectivity index (χ1n) is 7.31. The number of aromatic nitrogens is 3. The van der Waals surface area contributed by atoms with E-state index in [0.29, 0.717) is 37.8 Å². The molecule has 1 aliphatic heterocycles. The molecule has 0 saturated carbocycles. The van der Waals surface area contributed by atoms with Crippen molar-refractivity contribution in [1.29, 1.82) is 0 Å². The largest absolute Gasteiger partial charge is 0.389 e. The van der Waals surface area contributed by atoms with Gasteiger partial charge >= 0.3 is 0 Å². The maximum Gasteiger partial charge on any atom is 0.222 e. The molecule has 0 spiro atoms. The molecule has 0 bridgehead atoms. The quantitative estimate of drug-likeness (QED) is 0.836. The lowest BCUT2D eigenvalue weighted by molar-refractivity contribution is -0.134. The number of piperidine rings is 1. The molecule has 1 amide bonds. The van der Waals surface area contributed by atoms with Crippen LogP contribution in [0.15, 0.2) is 0 Å². The van der Waals surface area contributed by atoms with Gasteiger partial charge in [-0.25, -0.2) is 9.67 Å². The van der Waals surface area contributed by atoms with E-state index in [2.05, 4.69) is 10.1 Å². The van der Waals surface area contributed by atoms with Gasteiger partial charge in [-0.05, 0) is 26.7 Å². The number of hydrogen-bond donors (Lipinski definition) is 1. The smallest absolute Gasteiger partial charge is 0.222 e. The number of carbonyl (C=O) groups is 1. The molecule has 0 atom stereocenters. The van der Waals surface area contributed by atoms with Crippen LogP contribution in [0.5, 0.6) is 0 Å². The zero-order valence-corrected chi connectivity index (χ0v) is 13.0. The Bertz CT molecular complexity index is 493. The third-order valence-electron chi connectivity index (χ3n) is 3.36. The van der Waals surface area contributed by atoms with Crippen molar-refractivity contribution >= 4 is 5.91 Å². The summed E-state index contributed by atoms with van der Waals surface area (Å²) in [6.45, 7) is 5.29. The van der Waals surface area contributed by atoms with Crippen molar-refractivity contribution in [3.63, 3.8) is 0 Å². The molecule has 0 unspecified atom stereocenters. The van der Waals surface area contributed by atoms with Crippen molar-refractivity contribution < 1.29 is 14.6 Å². The molecule has 0 aromatic carbocycles. The molecule has 1 N–H and O–H groups in total. The Labute approximate surface area is 124 Å². The number of amides is 1. The SMILES string of the molecule is COCc1nc(CN2CCCCC2=O)n(CC(C)(C)O)n1. The summed E-state index contributed by atoms with van der Waals surface area (Å²) in [6.07, 6.45) is 2.58. The van der Waals surface area contributed by atoms with Gasteiger partial charge in [0.2, 0.25) is 5.91 Å². The van der Waals surface area contributed by atoms with Gasteiger partial charge in [0, 0.05) is 20.1 Å². The van der Waals surface area contributed by atoms with E-state index in [1.54, 1.807) is 25.6 Å². The second-order valence-electron chi connectivity index (χ2n) is 6.12. The highest BCUT2D eigenvalue weighted by Crippen LogP contribution is 2.15. The monoisotopic (exact) mass is 296 g/mol. The van der Waals surface area contributed by atoms with E-state index in [-0.39, 0.29) is 5.91 Å². The standard InChI is InChI=1S/C14H24N4O3/c1-14(2,20)10-18-12(15-11(16-18)9-21-3)8-17-7-5-4-6-13(17)19/h20H,4-10H2,1-3H3. The summed E-state index contributed by atoms with van der Waals surface area (Å²) >= 11 is 0. The highest BCUT2D eigenvalue weighted by Gasteiger charge is 2.23. The highest BCUT2D eigenvalue weighted by molar-refractivity contribution is 5.76. The lowest BCUT2D eigenvalue weighted by Gasteiger charge is -2.27. The summed E-state index contributed by atoms with van der Waals surface area (Å²) in [5.74, 6) is 1.42. The Hall–Kier alpha value is -1.47. The van der Waals surface area contributed by atoms with Gasteiger partial charge in [-0.2, -0.15) is 5.10 Å². The fraction of sp³-hybridized carbons (Fsp3) is 0.786. The fourth-order valence-corrected chi connectivity index (χ4v) is 2.43. The van der Waals surface area contributed by atoms with Gasteiger partial charge in [-0.3, -0.25) is 4.79 Å². The van der Waals surface area contributed by atoms with Crippen LogP contribution in [0.2, 0.25) is 0 Å². The van der Waals surface area contributed by atoms with Crippen molar-refractivity contribution in [2.75, 3.05) is 13.7 Å². The third-order valence-corrected chi connectivity index (χ3v) is 3.36. The number of ether oxygens (including phenoxy) is 1. The van der Waals surface area contributed by atoms with E-state index in [1.807, 2.05) is 4.90 Å². The van der Waals surface area contributed by atoms with Crippen LogP contribution in [0.3, 0.4) is 0 Å². The lowest BCUT2D eigenvalue weighted by Crippen LogP contribution is -2.36. The van der Waals surface area contributed by atoms with Gasteiger partial charge in [0.1, 0.15) is 12.4 Å². The molecule has 1 aromatic rings. The Morgan fingerprint density at radius 3 is 2.76 bits per heavy atom. The summed E-state index contributed by atoms with van der Waals surface area (Å²) in [7, 11) is 1.59. The Kier molecular flexibility index (Phi) is 4.95. The molecule has 7 heteroatoms. The number of likely N-dealkylation sites (tertiary alicyclic amines) is 1. The molecule has 1 saturated heterocycles. The summed E-state index contributed by atoms with van der Waals surface area (Å²) in [5.41, 5.74) is -0.890. The van der Waals surface area contributed by atoms with Crippen LogP contribution < -0.4 is 0 Å². The van der Waals surface area contributed by atoms with Crippen LogP contribution >= 0.6 is 0 Å². The van der Waals surface area contributed by atoms with Crippen LogP contribution in [0, 0.1) is 0 Å². The van der Waals surface area contributed by atoms with Crippen LogP contribution in [-0.2, 0) is 29.2 Å². The van der Waals surface area contributed by atoms with Crippen molar-refractivity contribution in [3.8, 4) is 0 Å². The number of rotatable bonds is 6. The molecule has 2 heterocycles. The predicted molar refractivity (Wildman–Crippen MR) is 76.3 cm³/mol. The minimum atomic E-state index is -0.890. The molecule has 1 fully saturated rings. The molecule has 1 aliphatic rings. The van der Waals surface area contributed by atoms with Crippen molar-refractivity contribution in [1.82, 2.24) is 19.7 Å². The number of nitrogens with zero attached hydrogens (tertiary/aromatic N) is 4. The molecule has 2 rings (SSSR count). The molecule has 7 nitrogen and oxygen atoms in total. The second kappa shape index (κ2) is 6.53. The van der Waals surface area contributed by atoms with E-state index in [0.717, 1.165) is 19.4 Å². The fourth-order valence-electron chi connectivity index (χ4n) is 2.43. The third kappa shape index (κ3) is 4.50. The lowest BCUT2D eigenvalue weighted by atomic mass is 10.1. The van der Waals surface area contributed by atoms with Gasteiger partial charge < -0.3 is 14.7 Å². The van der Waals surface area contributed by atoms with E-state index in [4.69, 9.17) is 4.74 Å². The van der Waals surface area contributed by atoms with Crippen LogP contribution in [0.1, 0.15) is 44.8 Å². The molecule has 21 heavy (non-hydrogen) atoms. The van der Waals surface area contributed by atoms with Gasteiger partial charge in [-0.15, -0.1) is 0 Å². The highest BCUT2D eigenvalue weighted by atomic mass is 16.5. The molecule has 0 aliphatic carbocycles. The second-order valence-corrected chi connectivity index (χ2v) is 6.12. The minimum absolute atomic E-state index is 0.160. The molecule has 118 valence electrons. The van der Waals surface area contributed by atoms with E-state index in [9.17, 15) is 9.90 Å².